The largest absolute Gasteiger partial charge is 0.239 e. The number of hydrogen-bond donors (Lipinski definition) is 0. The van der Waals surface area contributed by atoms with Crippen LogP contribution in [-0.4, -0.2) is 39.9 Å². The molecule has 0 aliphatic heterocycles. The fourth-order valence-corrected chi connectivity index (χ4v) is 8.48. The molecule has 0 N–H and O–H groups in total. The van der Waals surface area contributed by atoms with Crippen molar-refractivity contribution in [3.63, 3.8) is 0 Å². The van der Waals surface area contributed by atoms with Gasteiger partial charge >= 0.3 is 0 Å². The maximum Gasteiger partial charge on any atom is 0.164 e. The van der Waals surface area contributed by atoms with Crippen LogP contribution in [-0.2, 0) is 0 Å². The lowest BCUT2D eigenvalue weighted by atomic mass is 9.86. The second-order valence-electron chi connectivity index (χ2n) is 16.1. The molecule has 0 radical (unpaired) electrons. The molecule has 11 aromatic rings. The maximum atomic E-state index is 5.19. The standard InChI is InChI=1S/C58H40N8/c1-37-34-51(60-38(2)59-37)50-31-17-30-47(52(50)48-28-14-15-29-49(48)58-65-54(41-21-8-4-9-22-41)61-55(66-58)42-23-10-5-11-24-42)44-26-16-27-45(36-44)56-62-53(40-19-6-3-7-20-40)63-57(64-56)46-33-32-39-18-12-13-25-43(39)35-46/h3-36H,1-2H3. The van der Waals surface area contributed by atoms with Gasteiger partial charge in [-0.2, -0.15) is 0 Å². The van der Waals surface area contributed by atoms with E-state index in [1.807, 2.05) is 117 Å². The first-order valence-electron chi connectivity index (χ1n) is 21.8. The normalized spacial score (nSPS) is 11.2. The lowest BCUT2D eigenvalue weighted by molar-refractivity contribution is 1.02. The van der Waals surface area contributed by atoms with Crippen molar-refractivity contribution in [1.82, 2.24) is 39.9 Å². The van der Waals surface area contributed by atoms with Crippen molar-refractivity contribution in [2.45, 2.75) is 13.8 Å². The molecule has 66 heavy (non-hydrogen) atoms. The number of rotatable bonds is 9. The Balaban J connectivity index is 1.12. The van der Waals surface area contributed by atoms with Gasteiger partial charge in [0.05, 0.1) is 5.69 Å². The smallest absolute Gasteiger partial charge is 0.164 e. The van der Waals surface area contributed by atoms with E-state index in [0.717, 1.165) is 83.4 Å². The Morgan fingerprint density at radius 3 is 1.30 bits per heavy atom. The Morgan fingerprint density at radius 1 is 0.258 bits per heavy atom. The number of benzene rings is 8. The monoisotopic (exact) mass is 848 g/mol. The summed E-state index contributed by atoms with van der Waals surface area (Å²) in [5.74, 6) is 4.20. The van der Waals surface area contributed by atoms with E-state index in [9.17, 15) is 0 Å². The minimum Gasteiger partial charge on any atom is -0.239 e. The Morgan fingerprint density at radius 2 is 0.697 bits per heavy atom. The van der Waals surface area contributed by atoms with Crippen LogP contribution >= 0.6 is 0 Å². The summed E-state index contributed by atoms with van der Waals surface area (Å²) in [6, 6.07) is 70.0. The highest BCUT2D eigenvalue weighted by atomic mass is 15.0. The van der Waals surface area contributed by atoms with Gasteiger partial charge in [0.15, 0.2) is 34.9 Å². The van der Waals surface area contributed by atoms with E-state index in [4.69, 9.17) is 34.9 Å². The molecule has 0 saturated carbocycles. The van der Waals surface area contributed by atoms with Crippen LogP contribution < -0.4 is 0 Å². The molecule has 3 aromatic heterocycles. The number of fused-ring (bicyclic) bond motifs is 1. The van der Waals surface area contributed by atoms with Gasteiger partial charge in [-0.25, -0.2) is 39.9 Å². The van der Waals surface area contributed by atoms with Crippen LogP contribution in [0.25, 0.3) is 113 Å². The molecule has 0 aliphatic rings. The molecule has 312 valence electrons. The van der Waals surface area contributed by atoms with Gasteiger partial charge in [-0.15, -0.1) is 0 Å². The summed E-state index contributed by atoms with van der Waals surface area (Å²) >= 11 is 0. The zero-order valence-electron chi connectivity index (χ0n) is 36.2. The summed E-state index contributed by atoms with van der Waals surface area (Å²) in [5.41, 5.74) is 11.9. The van der Waals surface area contributed by atoms with E-state index in [0.29, 0.717) is 40.8 Å². The number of aryl methyl sites for hydroxylation is 2. The highest BCUT2D eigenvalue weighted by Crippen LogP contribution is 2.44. The number of aromatic nitrogens is 8. The van der Waals surface area contributed by atoms with Crippen molar-refractivity contribution < 1.29 is 0 Å². The molecular weight excluding hydrogens is 809 g/mol. The van der Waals surface area contributed by atoms with Crippen LogP contribution in [0.3, 0.4) is 0 Å². The highest BCUT2D eigenvalue weighted by Gasteiger charge is 2.22. The predicted molar refractivity (Wildman–Crippen MR) is 265 cm³/mol. The molecule has 8 aromatic carbocycles. The highest BCUT2D eigenvalue weighted by molar-refractivity contribution is 5.99. The fraction of sp³-hybridized carbons (Fsp3) is 0.0345. The molecule has 0 bridgehead atoms. The van der Waals surface area contributed by atoms with Crippen molar-refractivity contribution in [2.75, 3.05) is 0 Å². The first-order valence-corrected chi connectivity index (χ1v) is 21.8. The Hall–Kier alpha value is -8.88. The first kappa shape index (κ1) is 39.9. The number of nitrogens with zero attached hydrogens (tertiary/aromatic N) is 8. The third kappa shape index (κ3) is 7.99. The van der Waals surface area contributed by atoms with E-state index in [1.54, 1.807) is 0 Å². The second-order valence-corrected chi connectivity index (χ2v) is 16.1. The summed E-state index contributed by atoms with van der Waals surface area (Å²) in [6.45, 7) is 3.94. The van der Waals surface area contributed by atoms with Gasteiger partial charge in [-0.1, -0.05) is 188 Å². The molecule has 8 heteroatoms. The third-order valence-electron chi connectivity index (χ3n) is 11.5. The van der Waals surface area contributed by atoms with Crippen molar-refractivity contribution in [3.8, 4) is 102 Å². The molecule has 11 rings (SSSR count). The summed E-state index contributed by atoms with van der Waals surface area (Å²) in [7, 11) is 0. The molecular formula is C58H40N8. The van der Waals surface area contributed by atoms with E-state index in [2.05, 4.69) is 108 Å². The van der Waals surface area contributed by atoms with Crippen LogP contribution in [0.4, 0.5) is 0 Å². The van der Waals surface area contributed by atoms with Gasteiger partial charge in [0.2, 0.25) is 0 Å². The van der Waals surface area contributed by atoms with Gasteiger partial charge < -0.3 is 0 Å². The zero-order valence-corrected chi connectivity index (χ0v) is 36.2. The summed E-state index contributed by atoms with van der Waals surface area (Å²) in [5, 5.41) is 2.27. The average molecular weight is 849 g/mol. The maximum absolute atomic E-state index is 5.19. The topological polar surface area (TPSA) is 103 Å². The van der Waals surface area contributed by atoms with E-state index >= 15 is 0 Å². The molecule has 8 nitrogen and oxygen atoms in total. The molecule has 0 spiro atoms. The molecule has 0 unspecified atom stereocenters. The van der Waals surface area contributed by atoms with Crippen molar-refractivity contribution >= 4 is 10.8 Å². The van der Waals surface area contributed by atoms with Crippen molar-refractivity contribution in [2.24, 2.45) is 0 Å². The molecule has 0 saturated heterocycles. The van der Waals surface area contributed by atoms with E-state index in [-0.39, 0.29) is 0 Å². The Labute approximate surface area is 382 Å². The fourth-order valence-electron chi connectivity index (χ4n) is 8.48. The summed E-state index contributed by atoms with van der Waals surface area (Å²) < 4.78 is 0. The van der Waals surface area contributed by atoms with Crippen molar-refractivity contribution in [1.29, 1.82) is 0 Å². The minimum absolute atomic E-state index is 0.558. The Bertz CT molecular complexity index is 3480. The summed E-state index contributed by atoms with van der Waals surface area (Å²) in [4.78, 5) is 40.4. The van der Waals surface area contributed by atoms with E-state index in [1.165, 1.54) is 0 Å². The number of hydrogen-bond acceptors (Lipinski definition) is 8. The predicted octanol–water partition coefficient (Wildman–Crippen LogP) is 13.6. The Kier molecular flexibility index (Phi) is 10.5. The van der Waals surface area contributed by atoms with Crippen LogP contribution in [0.5, 0.6) is 0 Å². The second kappa shape index (κ2) is 17.4. The van der Waals surface area contributed by atoms with Crippen molar-refractivity contribution in [3.05, 3.63) is 218 Å². The van der Waals surface area contributed by atoms with Crippen LogP contribution in [0, 0.1) is 13.8 Å². The molecule has 0 aliphatic carbocycles. The lowest BCUT2D eigenvalue weighted by Gasteiger charge is -2.19. The van der Waals surface area contributed by atoms with Gasteiger partial charge in [0.1, 0.15) is 5.82 Å². The SMILES string of the molecule is Cc1cc(-c2cccc(-c3cccc(-c4nc(-c5ccccc5)nc(-c5ccc6ccccc6c5)n4)c3)c2-c2ccccc2-c2nc(-c3ccccc3)nc(-c3ccccc3)n2)nc(C)n1. The molecule has 0 atom stereocenters. The quantitative estimate of drug-likeness (QED) is 0.141. The first-order chi connectivity index (χ1) is 32.5. The zero-order chi connectivity index (χ0) is 44.4. The van der Waals surface area contributed by atoms with Gasteiger partial charge in [-0.3, -0.25) is 0 Å². The molecule has 0 amide bonds. The van der Waals surface area contributed by atoms with Gasteiger partial charge in [0.25, 0.3) is 0 Å². The van der Waals surface area contributed by atoms with Crippen LogP contribution in [0.2, 0.25) is 0 Å². The molecule has 0 fully saturated rings. The third-order valence-corrected chi connectivity index (χ3v) is 11.5. The average Bonchev–Trinajstić information content (AvgIpc) is 3.38. The van der Waals surface area contributed by atoms with Crippen LogP contribution in [0.1, 0.15) is 11.5 Å². The summed E-state index contributed by atoms with van der Waals surface area (Å²) in [6.07, 6.45) is 0. The lowest BCUT2D eigenvalue weighted by Crippen LogP contribution is -2.02. The van der Waals surface area contributed by atoms with E-state index < -0.39 is 0 Å². The van der Waals surface area contributed by atoms with Crippen LogP contribution in [0.15, 0.2) is 206 Å². The molecule has 3 heterocycles. The van der Waals surface area contributed by atoms with Gasteiger partial charge in [0, 0.05) is 44.6 Å². The minimum atomic E-state index is 0.558. The van der Waals surface area contributed by atoms with Gasteiger partial charge in [-0.05, 0) is 65.1 Å².